The number of hydrogen-bond donors (Lipinski definition) is 5. The molecule has 2 atom stereocenters. The first-order valence-electron chi connectivity index (χ1n) is 18.7. The molecule has 0 aromatic heterocycles. The van der Waals surface area contributed by atoms with Gasteiger partial charge < -0.3 is 23.7 Å². The fourth-order valence-electron chi connectivity index (χ4n) is 6.78. The maximum absolute atomic E-state index is 13.8. The van der Waals surface area contributed by atoms with Crippen molar-refractivity contribution in [1.29, 1.82) is 0 Å². The summed E-state index contributed by atoms with van der Waals surface area (Å²) in [5, 5.41) is 12.5. The average Bonchev–Trinajstić information content (AvgIpc) is 3.82. The lowest BCUT2D eigenvalue weighted by molar-refractivity contribution is -0.726. The van der Waals surface area contributed by atoms with E-state index in [1.807, 2.05) is 124 Å². The Morgan fingerprint density at radius 2 is 1.36 bits per heavy atom. The molecular formula is C39H58N7O6Si3+. The summed E-state index contributed by atoms with van der Waals surface area (Å²) < 4.78 is 14.0. The van der Waals surface area contributed by atoms with Crippen molar-refractivity contribution in [3.8, 4) is 0 Å². The van der Waals surface area contributed by atoms with Crippen molar-refractivity contribution in [1.82, 2.24) is 15.7 Å². The van der Waals surface area contributed by atoms with Gasteiger partial charge in [0.25, 0.3) is 0 Å². The Morgan fingerprint density at radius 3 is 1.91 bits per heavy atom. The number of carbonyl (C=O) groups is 3. The van der Waals surface area contributed by atoms with Crippen molar-refractivity contribution in [2.24, 2.45) is 0 Å². The molecule has 4 rings (SSSR count). The summed E-state index contributed by atoms with van der Waals surface area (Å²) in [6, 6.07) is 27.8. The maximum atomic E-state index is 13.8. The molecule has 6 amide bonds. The molecule has 0 spiro atoms. The van der Waals surface area contributed by atoms with E-state index in [0.717, 1.165) is 6.04 Å². The molecule has 0 saturated carbocycles. The molecule has 0 aliphatic carbocycles. The minimum absolute atomic E-state index is 0.0887. The highest BCUT2D eigenvalue weighted by Crippen LogP contribution is 2.34. The van der Waals surface area contributed by atoms with Gasteiger partial charge in [-0.25, -0.2) is 24.3 Å². The van der Waals surface area contributed by atoms with E-state index in [9.17, 15) is 14.4 Å². The number of hydrogen-bond acceptors (Lipinski definition) is 7. The van der Waals surface area contributed by atoms with E-state index in [2.05, 4.69) is 52.2 Å². The van der Waals surface area contributed by atoms with Crippen molar-refractivity contribution >= 4 is 60.4 Å². The number of anilines is 3. The SMILES string of the molecule is C=C=C(N(CCNOCC)C(=O)Nc1ccccc1)[Si](C)(C)O[Si](C)(C)O[Si](C)(C)CCC[N+]1(C(=O)Nc2ccccc2)CC1NC(=O)Nc1ccccc1. The van der Waals surface area contributed by atoms with Crippen LogP contribution in [0.5, 0.6) is 0 Å². The van der Waals surface area contributed by atoms with E-state index in [0.29, 0.717) is 61.6 Å². The number of benzene rings is 3. The van der Waals surface area contributed by atoms with Crippen molar-refractivity contribution < 1.29 is 31.9 Å². The Bertz CT molecular complexity index is 1780. The number of para-hydroxylation sites is 3. The zero-order valence-electron chi connectivity index (χ0n) is 33.2. The Balaban J connectivity index is 1.41. The van der Waals surface area contributed by atoms with Crippen LogP contribution in [0.4, 0.5) is 31.4 Å². The smallest absolute Gasteiger partial charge is 0.423 e. The lowest BCUT2D eigenvalue weighted by atomic mass is 10.3. The third kappa shape index (κ3) is 13.1. The number of carbonyl (C=O) groups excluding carboxylic acids is 3. The van der Waals surface area contributed by atoms with E-state index in [4.69, 9.17) is 13.1 Å². The molecule has 0 radical (unpaired) electrons. The minimum Gasteiger partial charge on any atom is -0.436 e. The maximum Gasteiger partial charge on any atom is 0.423 e. The Hall–Kier alpha value is -4.36. The molecule has 0 bridgehead atoms. The Morgan fingerprint density at radius 1 is 0.818 bits per heavy atom. The van der Waals surface area contributed by atoms with Gasteiger partial charge in [0.2, 0.25) is 14.5 Å². The number of rotatable bonds is 19. The molecule has 1 aliphatic heterocycles. The van der Waals surface area contributed by atoms with Gasteiger partial charge in [0.05, 0.1) is 18.5 Å². The fraction of sp³-hybridized carbons (Fsp3) is 0.385. The Kier molecular flexibility index (Phi) is 15.4. The zero-order chi connectivity index (χ0) is 40.1. The van der Waals surface area contributed by atoms with Crippen molar-refractivity contribution in [2.45, 2.75) is 64.8 Å². The molecule has 3 aromatic rings. The number of quaternary nitrogens is 1. The van der Waals surface area contributed by atoms with Crippen LogP contribution in [0.3, 0.4) is 0 Å². The molecule has 1 fully saturated rings. The largest absolute Gasteiger partial charge is 0.436 e. The summed E-state index contributed by atoms with van der Waals surface area (Å²) in [6.45, 7) is 20.6. The molecule has 2 unspecified atom stereocenters. The fourth-order valence-corrected chi connectivity index (χ4v) is 20.7. The van der Waals surface area contributed by atoms with Crippen LogP contribution < -0.4 is 26.7 Å². The van der Waals surface area contributed by atoms with E-state index in [1.165, 1.54) is 0 Å². The number of nitrogens with zero attached hydrogens (tertiary/aromatic N) is 2. The first kappa shape index (κ1) is 43.4. The number of hydroxylamine groups is 1. The molecule has 3 aromatic carbocycles. The van der Waals surface area contributed by atoms with Crippen LogP contribution in [0.15, 0.2) is 109 Å². The predicted octanol–water partition coefficient (Wildman–Crippen LogP) is 8.02. The highest BCUT2D eigenvalue weighted by molar-refractivity contribution is 6.90. The van der Waals surface area contributed by atoms with E-state index in [1.54, 1.807) is 4.90 Å². The van der Waals surface area contributed by atoms with Crippen LogP contribution >= 0.6 is 0 Å². The van der Waals surface area contributed by atoms with Crippen LogP contribution in [-0.2, 0) is 13.1 Å². The topological polar surface area (TPSA) is 142 Å². The van der Waals surface area contributed by atoms with Gasteiger partial charge in [-0.1, -0.05) is 61.2 Å². The second-order valence-electron chi connectivity index (χ2n) is 15.0. The van der Waals surface area contributed by atoms with Gasteiger partial charge in [0.15, 0.2) is 14.9 Å². The van der Waals surface area contributed by atoms with Crippen LogP contribution in [0.1, 0.15) is 13.3 Å². The summed E-state index contributed by atoms with van der Waals surface area (Å²) in [7, 11) is -7.98. The molecular weight excluding hydrogens is 747 g/mol. The molecule has 55 heavy (non-hydrogen) atoms. The summed E-state index contributed by atoms with van der Waals surface area (Å²) in [5.74, 6) is 0. The van der Waals surface area contributed by atoms with Crippen LogP contribution in [0, 0.1) is 0 Å². The van der Waals surface area contributed by atoms with Gasteiger partial charge in [-0.15, -0.1) is 5.73 Å². The molecule has 1 saturated heterocycles. The monoisotopic (exact) mass is 804 g/mol. The minimum atomic E-state index is -2.84. The number of amides is 6. The summed E-state index contributed by atoms with van der Waals surface area (Å²) in [4.78, 5) is 47.4. The van der Waals surface area contributed by atoms with Gasteiger partial charge in [0, 0.05) is 30.2 Å². The van der Waals surface area contributed by atoms with E-state index in [-0.39, 0.29) is 28.7 Å². The lowest BCUT2D eigenvalue weighted by Gasteiger charge is -2.41. The standard InChI is InChI=1S/C39H57N7O6Si3/c1-9-36(45(28-27-40-50-10-2)38(48)42-33-23-16-12-17-24-33)54(5,6)52-55(7,8)51-53(3,4)30-20-29-46(39(49)43-34-25-18-13-19-26-34)31-35(46)44-37(47)41-32-21-14-11-15-22-32/h11-19,21-26,35,40H,1,10,20,27-31H2,2-8H3,(H3-,41,42,43,44,47,48,49)/p+1. The van der Waals surface area contributed by atoms with Crippen molar-refractivity contribution in [2.75, 3.05) is 48.7 Å². The third-order valence-corrected chi connectivity index (χ3v) is 20.4. The predicted molar refractivity (Wildman–Crippen MR) is 226 cm³/mol. The molecule has 1 heterocycles. The molecule has 296 valence electrons. The number of urea groups is 3. The van der Waals surface area contributed by atoms with Crippen LogP contribution in [0.2, 0.25) is 45.3 Å². The average molecular weight is 805 g/mol. The highest BCUT2D eigenvalue weighted by atomic mass is 28.5. The van der Waals surface area contributed by atoms with Gasteiger partial charge >= 0.3 is 26.7 Å². The first-order chi connectivity index (χ1) is 26.1. The lowest BCUT2D eigenvalue weighted by Crippen LogP contribution is -2.56. The van der Waals surface area contributed by atoms with E-state index < -0.39 is 25.2 Å². The van der Waals surface area contributed by atoms with Crippen molar-refractivity contribution in [3.63, 3.8) is 0 Å². The first-order valence-corrected chi connectivity index (χ1v) is 27.6. The summed E-state index contributed by atoms with van der Waals surface area (Å²) in [6.07, 6.45) is 0.345. The molecule has 16 heteroatoms. The third-order valence-electron chi connectivity index (χ3n) is 9.04. The van der Waals surface area contributed by atoms with Gasteiger partial charge in [-0.3, -0.25) is 15.5 Å². The zero-order valence-corrected chi connectivity index (χ0v) is 36.2. The second kappa shape index (κ2) is 19.5. The summed E-state index contributed by atoms with van der Waals surface area (Å²) in [5.41, 5.74) is 8.01. The number of nitrogens with one attached hydrogen (secondary N) is 5. The van der Waals surface area contributed by atoms with Gasteiger partial charge in [-0.2, -0.15) is 0 Å². The highest BCUT2D eigenvalue weighted by Gasteiger charge is 2.62. The van der Waals surface area contributed by atoms with Crippen LogP contribution in [0.25, 0.3) is 0 Å². The second-order valence-corrected chi connectivity index (χ2v) is 26.9. The molecule has 5 N–H and O–H groups in total. The van der Waals surface area contributed by atoms with E-state index >= 15 is 0 Å². The Labute approximate surface area is 329 Å². The van der Waals surface area contributed by atoms with Crippen molar-refractivity contribution in [3.05, 3.63) is 109 Å². The summed E-state index contributed by atoms with van der Waals surface area (Å²) >= 11 is 0. The van der Waals surface area contributed by atoms with Gasteiger partial charge in [0.1, 0.15) is 0 Å². The molecule has 13 nitrogen and oxygen atoms in total. The normalized spacial score (nSPS) is 16.7. The van der Waals surface area contributed by atoms with Crippen LogP contribution in [-0.4, -0.2) is 91.6 Å². The quantitative estimate of drug-likeness (QED) is 0.0206. The van der Waals surface area contributed by atoms with Gasteiger partial charge in [-0.05, 0) is 95.1 Å². The molecule has 1 aliphatic rings.